The highest BCUT2D eigenvalue weighted by atomic mass is 16.5. The average molecular weight is 534 g/mol. The second-order valence-corrected chi connectivity index (χ2v) is 10.9. The number of anilines is 1. The third kappa shape index (κ3) is 5.25. The predicted octanol–water partition coefficient (Wildman–Crippen LogP) is 4.20. The van der Waals surface area contributed by atoms with Crippen LogP contribution in [0.4, 0.5) is 5.82 Å². The number of imidazole rings is 1. The summed E-state index contributed by atoms with van der Waals surface area (Å²) >= 11 is 0. The van der Waals surface area contributed by atoms with Crippen LogP contribution in [0.25, 0.3) is 11.4 Å². The van der Waals surface area contributed by atoms with Crippen LogP contribution in [0.5, 0.6) is 5.88 Å². The van der Waals surface area contributed by atoms with Gasteiger partial charge in [-0.3, -0.25) is 9.69 Å². The Kier molecular flexibility index (Phi) is 7.91. The summed E-state index contributed by atoms with van der Waals surface area (Å²) < 4.78 is 8.03. The SMILES string of the molecule is CCC(C)N1c2nc(-c3ccc(OC4CC(C)C4)nc3C)n(Cc3ccccc3)c2C(=O)N(CCCO)C1O. The van der Waals surface area contributed by atoms with Crippen LogP contribution in [0, 0.1) is 12.8 Å². The molecule has 1 amide bonds. The number of carbonyl (C=O) groups is 1. The molecule has 0 spiro atoms. The maximum absolute atomic E-state index is 13.9. The summed E-state index contributed by atoms with van der Waals surface area (Å²) in [6, 6.07) is 13.7. The minimum atomic E-state index is -1.17. The summed E-state index contributed by atoms with van der Waals surface area (Å²) in [6.07, 6.45) is 2.25. The number of aryl methyl sites for hydroxylation is 1. The third-order valence-corrected chi connectivity index (χ3v) is 7.91. The van der Waals surface area contributed by atoms with Crippen molar-refractivity contribution < 1.29 is 19.7 Å². The molecule has 0 radical (unpaired) electrons. The van der Waals surface area contributed by atoms with E-state index in [2.05, 4.69) is 6.92 Å². The predicted molar refractivity (Wildman–Crippen MR) is 150 cm³/mol. The molecule has 3 aromatic rings. The number of aliphatic hydroxyl groups excluding tert-OH is 2. The van der Waals surface area contributed by atoms with Gasteiger partial charge in [-0.15, -0.1) is 0 Å². The zero-order valence-electron chi connectivity index (χ0n) is 23.2. The fourth-order valence-electron chi connectivity index (χ4n) is 5.48. The number of nitrogens with zero attached hydrogens (tertiary/aromatic N) is 5. The number of rotatable bonds is 10. The third-order valence-electron chi connectivity index (χ3n) is 7.91. The standard InChI is InChI=1S/C30H39N5O4/c1-5-20(3)35-28-26(29(37)33(30(35)38)14-9-15-36)34(18-22-10-7-6-8-11-22)27(32-28)24-12-13-25(31-21(24)4)39-23-16-19(2)17-23/h6-8,10-13,19-20,23,30,36,38H,5,9,14-18H2,1-4H3. The highest BCUT2D eigenvalue weighted by Gasteiger charge is 2.43. The number of pyridine rings is 1. The molecule has 208 valence electrons. The van der Waals surface area contributed by atoms with Crippen molar-refractivity contribution in [2.45, 2.75) is 78.4 Å². The number of aromatic nitrogens is 3. The van der Waals surface area contributed by atoms with E-state index in [9.17, 15) is 15.0 Å². The summed E-state index contributed by atoms with van der Waals surface area (Å²) in [5.41, 5.74) is 3.03. The Hall–Kier alpha value is -3.43. The fourth-order valence-corrected chi connectivity index (χ4v) is 5.48. The largest absolute Gasteiger partial charge is 0.474 e. The van der Waals surface area contributed by atoms with Crippen molar-refractivity contribution in [3.05, 3.63) is 59.4 Å². The quantitative estimate of drug-likeness (QED) is 0.403. The Balaban J connectivity index is 1.62. The van der Waals surface area contributed by atoms with Crippen molar-refractivity contribution in [3.63, 3.8) is 0 Å². The highest BCUT2D eigenvalue weighted by molar-refractivity contribution is 6.00. The number of benzene rings is 1. The molecule has 9 nitrogen and oxygen atoms in total. The first kappa shape index (κ1) is 27.1. The number of aliphatic hydroxyl groups is 2. The fraction of sp³-hybridized carbons (Fsp3) is 0.500. The number of hydrogen-bond donors (Lipinski definition) is 2. The van der Waals surface area contributed by atoms with Crippen LogP contribution in [0.2, 0.25) is 0 Å². The highest BCUT2D eigenvalue weighted by Crippen LogP contribution is 2.38. The molecule has 1 saturated carbocycles. The van der Waals surface area contributed by atoms with E-state index in [4.69, 9.17) is 14.7 Å². The molecule has 2 aromatic heterocycles. The molecule has 9 heteroatoms. The van der Waals surface area contributed by atoms with Crippen molar-refractivity contribution in [2.24, 2.45) is 5.92 Å². The second-order valence-electron chi connectivity index (χ2n) is 10.9. The molecule has 3 heterocycles. The van der Waals surface area contributed by atoms with Crippen molar-refractivity contribution in [3.8, 4) is 17.3 Å². The van der Waals surface area contributed by atoms with E-state index in [1.165, 1.54) is 4.90 Å². The minimum absolute atomic E-state index is 0.0692. The van der Waals surface area contributed by atoms with E-state index in [0.717, 1.165) is 36.1 Å². The van der Waals surface area contributed by atoms with Gasteiger partial charge in [-0.05, 0) is 57.1 Å². The number of amides is 1. The molecule has 39 heavy (non-hydrogen) atoms. The molecule has 1 fully saturated rings. The Morgan fingerprint density at radius 1 is 1.13 bits per heavy atom. The minimum Gasteiger partial charge on any atom is -0.474 e. The Morgan fingerprint density at radius 2 is 1.87 bits per heavy atom. The summed E-state index contributed by atoms with van der Waals surface area (Å²) in [4.78, 5) is 27.0. The van der Waals surface area contributed by atoms with Crippen LogP contribution in [0.1, 0.15) is 68.2 Å². The second kappa shape index (κ2) is 11.4. The number of fused-ring (bicyclic) bond motifs is 1. The van der Waals surface area contributed by atoms with E-state index in [-0.39, 0.29) is 31.2 Å². The molecular formula is C30H39N5O4. The zero-order valence-corrected chi connectivity index (χ0v) is 23.2. The van der Waals surface area contributed by atoms with Gasteiger partial charge in [0, 0.05) is 37.4 Å². The molecule has 1 aromatic carbocycles. The van der Waals surface area contributed by atoms with Gasteiger partial charge in [0.2, 0.25) is 12.2 Å². The maximum atomic E-state index is 13.9. The summed E-state index contributed by atoms with van der Waals surface area (Å²) in [6.45, 7) is 8.82. The first-order valence-electron chi connectivity index (χ1n) is 14.0. The van der Waals surface area contributed by atoms with E-state index in [1.54, 1.807) is 0 Å². The molecule has 2 aliphatic rings. The molecule has 2 N–H and O–H groups in total. The number of carbonyl (C=O) groups excluding carboxylic acids is 1. The molecular weight excluding hydrogens is 494 g/mol. The van der Waals surface area contributed by atoms with Crippen LogP contribution < -0.4 is 9.64 Å². The summed E-state index contributed by atoms with van der Waals surface area (Å²) in [5, 5.41) is 20.8. The molecule has 2 unspecified atom stereocenters. The lowest BCUT2D eigenvalue weighted by atomic mass is 9.84. The van der Waals surface area contributed by atoms with Crippen molar-refractivity contribution in [1.82, 2.24) is 19.4 Å². The van der Waals surface area contributed by atoms with Gasteiger partial charge in [0.15, 0.2) is 11.5 Å². The maximum Gasteiger partial charge on any atom is 0.277 e. The molecule has 0 saturated heterocycles. The number of ether oxygens (including phenoxy) is 1. The van der Waals surface area contributed by atoms with Gasteiger partial charge in [-0.25, -0.2) is 9.97 Å². The molecule has 1 aliphatic heterocycles. The lowest BCUT2D eigenvalue weighted by Gasteiger charge is -2.43. The van der Waals surface area contributed by atoms with Crippen molar-refractivity contribution in [1.29, 1.82) is 0 Å². The van der Waals surface area contributed by atoms with Gasteiger partial charge in [0.1, 0.15) is 11.9 Å². The zero-order chi connectivity index (χ0) is 27.7. The Morgan fingerprint density at radius 3 is 2.51 bits per heavy atom. The van der Waals surface area contributed by atoms with Crippen LogP contribution >= 0.6 is 0 Å². The lowest BCUT2D eigenvalue weighted by Crippen LogP contribution is -2.58. The van der Waals surface area contributed by atoms with Crippen molar-refractivity contribution in [2.75, 3.05) is 18.1 Å². The van der Waals surface area contributed by atoms with Crippen LogP contribution in [-0.4, -0.2) is 67.2 Å². The first-order chi connectivity index (χ1) is 18.8. The first-order valence-corrected chi connectivity index (χ1v) is 14.0. The van der Waals surface area contributed by atoms with E-state index in [1.807, 2.05) is 72.7 Å². The summed E-state index contributed by atoms with van der Waals surface area (Å²) in [5.74, 6) is 2.07. The van der Waals surface area contributed by atoms with Gasteiger partial charge in [-0.2, -0.15) is 0 Å². The normalized spacial score (nSPS) is 21.5. The monoisotopic (exact) mass is 533 g/mol. The van der Waals surface area contributed by atoms with Crippen LogP contribution in [0.15, 0.2) is 42.5 Å². The smallest absolute Gasteiger partial charge is 0.277 e. The van der Waals surface area contributed by atoms with Gasteiger partial charge in [0.05, 0.1) is 5.69 Å². The lowest BCUT2D eigenvalue weighted by molar-refractivity contribution is -0.00548. The topological polar surface area (TPSA) is 104 Å². The van der Waals surface area contributed by atoms with Crippen LogP contribution in [-0.2, 0) is 6.54 Å². The van der Waals surface area contributed by atoms with E-state index >= 15 is 0 Å². The Labute approximate surface area is 230 Å². The Bertz CT molecular complexity index is 1300. The molecule has 0 bridgehead atoms. The molecule has 5 rings (SSSR count). The van der Waals surface area contributed by atoms with E-state index in [0.29, 0.717) is 42.1 Å². The number of hydrogen-bond acceptors (Lipinski definition) is 7. The summed E-state index contributed by atoms with van der Waals surface area (Å²) in [7, 11) is 0. The molecule has 1 aliphatic carbocycles. The van der Waals surface area contributed by atoms with E-state index < -0.39 is 6.35 Å². The van der Waals surface area contributed by atoms with Gasteiger partial charge in [-0.1, -0.05) is 44.2 Å². The van der Waals surface area contributed by atoms with Crippen LogP contribution in [0.3, 0.4) is 0 Å². The van der Waals surface area contributed by atoms with Gasteiger partial charge in [0.25, 0.3) is 5.91 Å². The molecule has 2 atom stereocenters. The van der Waals surface area contributed by atoms with Gasteiger partial charge >= 0.3 is 0 Å². The van der Waals surface area contributed by atoms with Crippen molar-refractivity contribution >= 4 is 11.7 Å². The van der Waals surface area contributed by atoms with Gasteiger partial charge < -0.3 is 24.4 Å². The average Bonchev–Trinajstić information content (AvgIpc) is 3.26.